The largest absolute Gasteiger partial charge is 0.389 e. The van der Waals surface area contributed by atoms with E-state index in [-0.39, 0.29) is 7.43 Å². The number of para-hydroxylation sites is 1. The van der Waals surface area contributed by atoms with E-state index in [2.05, 4.69) is 4.72 Å². The molecule has 0 spiro atoms. The van der Waals surface area contributed by atoms with Gasteiger partial charge in [-0.25, -0.2) is 4.72 Å². The van der Waals surface area contributed by atoms with Crippen molar-refractivity contribution in [2.75, 3.05) is 7.05 Å². The van der Waals surface area contributed by atoms with Gasteiger partial charge in [0, 0.05) is 0 Å². The van der Waals surface area contributed by atoms with Crippen LogP contribution in [-0.2, 0) is 11.3 Å². The van der Waals surface area contributed by atoms with Crippen LogP contribution in [0, 0.1) is 0 Å². The number of hydrogen-bond acceptors (Lipinski definition) is 2. The van der Waals surface area contributed by atoms with Crippen molar-refractivity contribution in [3.05, 3.63) is 30.3 Å². The zero-order chi connectivity index (χ0) is 8.10. The highest BCUT2D eigenvalue weighted by Crippen LogP contribution is 2.08. The quantitative estimate of drug-likeness (QED) is 0.778. The van der Waals surface area contributed by atoms with E-state index >= 15 is 0 Å². The molecule has 1 atom stereocenters. The van der Waals surface area contributed by atoms with Crippen LogP contribution in [0.25, 0.3) is 0 Å². The predicted octanol–water partition coefficient (Wildman–Crippen LogP) is 1.50. The SMILES string of the molecule is C.CNS(=O)Oc1ccccc1. The molecule has 1 rings (SSSR count). The van der Waals surface area contributed by atoms with E-state index in [9.17, 15) is 4.21 Å². The summed E-state index contributed by atoms with van der Waals surface area (Å²) in [6.07, 6.45) is 0. The van der Waals surface area contributed by atoms with Gasteiger partial charge in [0.1, 0.15) is 5.75 Å². The number of hydrogen-bond donors (Lipinski definition) is 1. The molecule has 4 heteroatoms. The monoisotopic (exact) mass is 187 g/mol. The lowest BCUT2D eigenvalue weighted by Crippen LogP contribution is -2.15. The fourth-order valence-corrected chi connectivity index (χ4v) is 0.974. The Morgan fingerprint density at radius 2 is 1.92 bits per heavy atom. The smallest absolute Gasteiger partial charge is 0.287 e. The van der Waals surface area contributed by atoms with Crippen LogP contribution >= 0.6 is 0 Å². The number of rotatable bonds is 3. The molecule has 0 aliphatic rings. The van der Waals surface area contributed by atoms with Crippen molar-refractivity contribution >= 4 is 11.3 Å². The van der Waals surface area contributed by atoms with Gasteiger partial charge >= 0.3 is 0 Å². The molecule has 0 saturated carbocycles. The van der Waals surface area contributed by atoms with Crippen LogP contribution < -0.4 is 8.91 Å². The molecular weight excluding hydrogens is 174 g/mol. The Balaban J connectivity index is 0.00000121. The van der Waals surface area contributed by atoms with Gasteiger partial charge in [0.05, 0.1) is 0 Å². The Morgan fingerprint density at radius 1 is 1.33 bits per heavy atom. The second kappa shape index (κ2) is 5.74. The summed E-state index contributed by atoms with van der Waals surface area (Å²) in [5, 5.41) is 0. The van der Waals surface area contributed by atoms with Crippen molar-refractivity contribution in [2.24, 2.45) is 0 Å². The maximum Gasteiger partial charge on any atom is 0.287 e. The molecule has 0 amide bonds. The first-order valence-corrected chi connectivity index (χ1v) is 4.23. The molecule has 1 unspecified atom stereocenters. The topological polar surface area (TPSA) is 38.3 Å². The van der Waals surface area contributed by atoms with Gasteiger partial charge in [0.25, 0.3) is 11.3 Å². The molecule has 0 aromatic heterocycles. The lowest BCUT2D eigenvalue weighted by molar-refractivity contribution is 0.554. The summed E-state index contributed by atoms with van der Waals surface area (Å²) in [5.41, 5.74) is 0. The average molecular weight is 187 g/mol. The molecule has 0 aliphatic carbocycles. The molecule has 3 nitrogen and oxygen atoms in total. The molecule has 1 aromatic rings. The van der Waals surface area contributed by atoms with E-state index in [0.29, 0.717) is 5.75 Å². The van der Waals surface area contributed by atoms with Gasteiger partial charge in [-0.3, -0.25) is 0 Å². The molecule has 0 aliphatic heterocycles. The van der Waals surface area contributed by atoms with Gasteiger partial charge in [-0.15, -0.1) is 0 Å². The molecule has 0 saturated heterocycles. The Morgan fingerprint density at radius 3 is 2.42 bits per heavy atom. The van der Waals surface area contributed by atoms with Crippen LogP contribution in [-0.4, -0.2) is 11.3 Å². The van der Waals surface area contributed by atoms with E-state index in [4.69, 9.17) is 4.18 Å². The lowest BCUT2D eigenvalue weighted by atomic mass is 10.3. The highest BCUT2D eigenvalue weighted by Gasteiger charge is 1.95. The number of nitrogens with one attached hydrogen (secondary N) is 1. The van der Waals surface area contributed by atoms with Gasteiger partial charge < -0.3 is 4.18 Å². The molecule has 1 aromatic carbocycles. The van der Waals surface area contributed by atoms with Crippen LogP contribution in [0.3, 0.4) is 0 Å². The Bertz CT molecular complexity index is 238. The van der Waals surface area contributed by atoms with Crippen LogP contribution in [0.15, 0.2) is 30.3 Å². The van der Waals surface area contributed by atoms with Crippen LogP contribution in [0.1, 0.15) is 7.43 Å². The molecular formula is C8H13NO2S. The van der Waals surface area contributed by atoms with Crippen molar-refractivity contribution in [2.45, 2.75) is 7.43 Å². The molecule has 1 N–H and O–H groups in total. The van der Waals surface area contributed by atoms with E-state index < -0.39 is 11.3 Å². The standard InChI is InChI=1S/C7H9NO2S.CH4/c1-8-11(9)10-7-5-3-2-4-6-7;/h2-6,8H,1H3;1H4. The average Bonchev–Trinajstić information content (AvgIpc) is 2.06. The summed E-state index contributed by atoms with van der Waals surface area (Å²) in [5.74, 6) is 0.597. The van der Waals surface area contributed by atoms with Gasteiger partial charge in [-0.1, -0.05) is 25.6 Å². The fourth-order valence-electron chi connectivity index (χ4n) is 0.605. The Hall–Kier alpha value is -0.870. The lowest BCUT2D eigenvalue weighted by Gasteiger charge is -2.00. The van der Waals surface area contributed by atoms with Gasteiger partial charge in [0.2, 0.25) is 0 Å². The summed E-state index contributed by atoms with van der Waals surface area (Å²) in [6, 6.07) is 9.00. The van der Waals surface area contributed by atoms with E-state index in [1.165, 1.54) is 0 Å². The minimum Gasteiger partial charge on any atom is -0.389 e. The zero-order valence-electron chi connectivity index (χ0n) is 6.11. The molecule has 0 fully saturated rings. The molecule has 0 heterocycles. The van der Waals surface area contributed by atoms with E-state index in [1.807, 2.05) is 18.2 Å². The Kier molecular flexibility index (Phi) is 5.32. The van der Waals surface area contributed by atoms with E-state index in [0.717, 1.165) is 0 Å². The summed E-state index contributed by atoms with van der Waals surface area (Å²) < 4.78 is 18.1. The first-order chi connectivity index (χ1) is 5.33. The van der Waals surface area contributed by atoms with Gasteiger partial charge in [-0.05, 0) is 19.2 Å². The highest BCUT2D eigenvalue weighted by molar-refractivity contribution is 7.78. The first kappa shape index (κ1) is 11.1. The van der Waals surface area contributed by atoms with Crippen LogP contribution in [0.4, 0.5) is 0 Å². The maximum atomic E-state index is 10.8. The second-order valence-corrected chi connectivity index (χ2v) is 2.88. The zero-order valence-corrected chi connectivity index (χ0v) is 6.93. The van der Waals surface area contributed by atoms with E-state index in [1.54, 1.807) is 19.2 Å². The van der Waals surface area contributed by atoms with Gasteiger partial charge in [0.15, 0.2) is 0 Å². The van der Waals surface area contributed by atoms with Gasteiger partial charge in [-0.2, -0.15) is 4.21 Å². The predicted molar refractivity (Wildman–Crippen MR) is 51.0 cm³/mol. The molecule has 12 heavy (non-hydrogen) atoms. The van der Waals surface area contributed by atoms with Crippen molar-refractivity contribution in [3.63, 3.8) is 0 Å². The molecule has 0 radical (unpaired) electrons. The minimum atomic E-state index is -1.43. The maximum absolute atomic E-state index is 10.8. The summed E-state index contributed by atoms with van der Waals surface area (Å²) >= 11 is -1.43. The first-order valence-electron chi connectivity index (χ1n) is 3.15. The molecule has 68 valence electrons. The van der Waals surface area contributed by atoms with Crippen molar-refractivity contribution in [1.82, 2.24) is 4.72 Å². The minimum absolute atomic E-state index is 0. The highest BCUT2D eigenvalue weighted by atomic mass is 32.2. The third kappa shape index (κ3) is 3.50. The normalized spacial score (nSPS) is 11.4. The summed E-state index contributed by atoms with van der Waals surface area (Å²) in [6.45, 7) is 0. The van der Waals surface area contributed by atoms with Crippen molar-refractivity contribution < 1.29 is 8.39 Å². The summed E-state index contributed by atoms with van der Waals surface area (Å²) in [4.78, 5) is 0. The third-order valence-corrected chi connectivity index (χ3v) is 1.76. The number of benzene rings is 1. The molecule has 0 bridgehead atoms. The van der Waals surface area contributed by atoms with Crippen molar-refractivity contribution in [1.29, 1.82) is 0 Å². The van der Waals surface area contributed by atoms with Crippen molar-refractivity contribution in [3.8, 4) is 5.75 Å². The Labute approximate surface area is 75.5 Å². The van der Waals surface area contributed by atoms with Crippen LogP contribution in [0.2, 0.25) is 0 Å². The van der Waals surface area contributed by atoms with Crippen LogP contribution in [0.5, 0.6) is 5.75 Å². The second-order valence-electron chi connectivity index (χ2n) is 1.84. The summed E-state index contributed by atoms with van der Waals surface area (Å²) in [7, 11) is 1.57. The fraction of sp³-hybridized carbons (Fsp3) is 0.250. The third-order valence-electron chi connectivity index (χ3n) is 1.08.